The van der Waals surface area contributed by atoms with E-state index >= 15 is 0 Å². The monoisotopic (exact) mass is 222 g/mol. The Balaban J connectivity index is 3.26. The lowest BCUT2D eigenvalue weighted by Gasteiger charge is -2.09. The van der Waals surface area contributed by atoms with Gasteiger partial charge in [0.05, 0.1) is 14.2 Å². The number of nitrogens with zero attached hydrogens (tertiary/aromatic N) is 1. The molecule has 1 aromatic rings. The number of aromatic nitrogens is 1. The van der Waals surface area contributed by atoms with Crippen LogP contribution in [0.4, 0.5) is 0 Å². The van der Waals surface area contributed by atoms with Crippen molar-refractivity contribution in [1.82, 2.24) is 4.98 Å². The maximum absolute atomic E-state index is 11.4. The number of hydrogen-bond donors (Lipinski definition) is 1. The van der Waals surface area contributed by atoms with Gasteiger partial charge in [-0.2, -0.15) is 0 Å². The number of esters is 1. The summed E-state index contributed by atoms with van der Waals surface area (Å²) < 4.78 is 9.74. The number of carbonyl (C=O) groups excluding carboxylic acids is 1. The molecule has 5 nitrogen and oxygen atoms in total. The van der Waals surface area contributed by atoms with Gasteiger partial charge < -0.3 is 15.2 Å². The van der Waals surface area contributed by atoms with Crippen molar-refractivity contribution in [3.63, 3.8) is 0 Å². The highest BCUT2D eigenvalue weighted by Gasteiger charge is 2.17. The minimum absolute atomic E-state index is 0.180. The molecule has 5 heteroatoms. The molecule has 0 spiro atoms. The van der Waals surface area contributed by atoms with Crippen LogP contribution in [0.2, 0.25) is 0 Å². The summed E-state index contributed by atoms with van der Waals surface area (Å²) in [6.07, 6.45) is 2.79. The van der Waals surface area contributed by atoms with Crippen LogP contribution in [0.3, 0.4) is 0 Å². The van der Waals surface area contributed by atoms with Crippen molar-refractivity contribution in [2.45, 2.75) is 6.92 Å². The highest BCUT2D eigenvalue weighted by molar-refractivity contribution is 6.16. The number of ether oxygens (including phenoxy) is 2. The Labute approximate surface area is 93.9 Å². The molecule has 0 aliphatic rings. The summed E-state index contributed by atoms with van der Waals surface area (Å²) in [7, 11) is 2.79. The van der Waals surface area contributed by atoms with Crippen LogP contribution in [0.1, 0.15) is 11.3 Å². The number of rotatable bonds is 3. The van der Waals surface area contributed by atoms with Gasteiger partial charge in [0.2, 0.25) is 0 Å². The minimum atomic E-state index is -0.544. The molecule has 0 amide bonds. The van der Waals surface area contributed by atoms with Gasteiger partial charge in [0, 0.05) is 12.4 Å². The summed E-state index contributed by atoms with van der Waals surface area (Å²) in [5.41, 5.74) is 6.87. The molecule has 0 aliphatic carbocycles. The predicted octanol–water partition coefficient (Wildman–Crippen LogP) is 0.871. The molecule has 2 N–H and O–H groups in total. The molecule has 0 radical (unpaired) electrons. The highest BCUT2D eigenvalue weighted by Crippen LogP contribution is 2.24. The Bertz CT molecular complexity index is 427. The van der Waals surface area contributed by atoms with Crippen LogP contribution in [0, 0.1) is 6.92 Å². The van der Waals surface area contributed by atoms with Crippen LogP contribution in [-0.2, 0) is 9.53 Å². The molecule has 86 valence electrons. The van der Waals surface area contributed by atoms with Crippen molar-refractivity contribution in [1.29, 1.82) is 0 Å². The van der Waals surface area contributed by atoms with Crippen LogP contribution in [0.25, 0.3) is 5.57 Å². The zero-order chi connectivity index (χ0) is 12.1. The van der Waals surface area contributed by atoms with Crippen LogP contribution in [0.5, 0.6) is 5.75 Å². The van der Waals surface area contributed by atoms with Crippen LogP contribution >= 0.6 is 0 Å². The third-order valence-corrected chi connectivity index (χ3v) is 2.04. The van der Waals surface area contributed by atoms with E-state index in [2.05, 4.69) is 9.72 Å². The first-order chi connectivity index (χ1) is 7.63. The maximum Gasteiger partial charge on any atom is 0.341 e. The average molecular weight is 222 g/mol. The molecule has 0 aromatic carbocycles. The normalized spacial score (nSPS) is 11.1. The van der Waals surface area contributed by atoms with E-state index in [9.17, 15) is 4.79 Å². The largest absolute Gasteiger partial charge is 0.494 e. The standard InChI is InChI=1S/C11H14N2O3/c1-7-4-9(15-2)10(13-6-7)8(5-12)11(14)16-3/h4-6H,12H2,1-3H3/b8-5-. The van der Waals surface area contributed by atoms with Gasteiger partial charge in [-0.05, 0) is 18.6 Å². The Morgan fingerprint density at radius 3 is 2.69 bits per heavy atom. The van der Waals surface area contributed by atoms with Gasteiger partial charge in [-0.15, -0.1) is 0 Å². The van der Waals surface area contributed by atoms with E-state index in [4.69, 9.17) is 10.5 Å². The third-order valence-electron chi connectivity index (χ3n) is 2.04. The lowest BCUT2D eigenvalue weighted by molar-refractivity contribution is -0.133. The first-order valence-electron chi connectivity index (χ1n) is 4.65. The van der Waals surface area contributed by atoms with E-state index in [0.717, 1.165) is 11.8 Å². The van der Waals surface area contributed by atoms with E-state index in [1.807, 2.05) is 6.92 Å². The molecule has 0 fully saturated rings. The number of nitrogens with two attached hydrogens (primary N) is 1. The summed E-state index contributed by atoms with van der Waals surface area (Å²) in [5, 5.41) is 0. The molecule has 0 unspecified atom stereocenters. The average Bonchev–Trinajstić information content (AvgIpc) is 2.31. The zero-order valence-corrected chi connectivity index (χ0v) is 9.48. The lowest BCUT2D eigenvalue weighted by atomic mass is 10.1. The molecular formula is C11H14N2O3. The molecule has 1 aromatic heterocycles. The fourth-order valence-corrected chi connectivity index (χ4v) is 1.25. The van der Waals surface area contributed by atoms with Crippen LogP contribution < -0.4 is 10.5 Å². The molecule has 0 saturated heterocycles. The zero-order valence-electron chi connectivity index (χ0n) is 9.48. The number of hydrogen-bond acceptors (Lipinski definition) is 5. The van der Waals surface area contributed by atoms with Crippen LogP contribution in [-0.4, -0.2) is 25.2 Å². The summed E-state index contributed by atoms with van der Waals surface area (Å²) in [4.78, 5) is 15.5. The summed E-state index contributed by atoms with van der Waals surface area (Å²) >= 11 is 0. The Morgan fingerprint density at radius 2 is 2.19 bits per heavy atom. The molecule has 0 saturated carbocycles. The van der Waals surface area contributed by atoms with E-state index < -0.39 is 5.97 Å². The van der Waals surface area contributed by atoms with Gasteiger partial charge in [0.15, 0.2) is 0 Å². The van der Waals surface area contributed by atoms with E-state index in [1.54, 1.807) is 12.3 Å². The van der Waals surface area contributed by atoms with Crippen molar-refractivity contribution in [2.75, 3.05) is 14.2 Å². The molecule has 0 bridgehead atoms. The molecule has 0 atom stereocenters. The molecule has 1 rings (SSSR count). The Morgan fingerprint density at radius 1 is 1.50 bits per heavy atom. The van der Waals surface area contributed by atoms with Crippen LogP contribution in [0.15, 0.2) is 18.5 Å². The summed E-state index contributed by atoms with van der Waals surface area (Å²) in [5.74, 6) is -0.0562. The van der Waals surface area contributed by atoms with Gasteiger partial charge in [0.25, 0.3) is 0 Å². The van der Waals surface area contributed by atoms with Crippen molar-refractivity contribution < 1.29 is 14.3 Å². The lowest BCUT2D eigenvalue weighted by Crippen LogP contribution is -2.09. The first kappa shape index (κ1) is 12.0. The second-order valence-corrected chi connectivity index (χ2v) is 3.14. The Hall–Kier alpha value is -2.04. The fraction of sp³-hybridized carbons (Fsp3) is 0.273. The quantitative estimate of drug-likeness (QED) is 0.606. The van der Waals surface area contributed by atoms with Crippen molar-refractivity contribution >= 4 is 11.5 Å². The smallest absolute Gasteiger partial charge is 0.341 e. The SMILES string of the molecule is COC(=O)/C(=C\N)c1ncc(C)cc1OC. The van der Waals surface area contributed by atoms with E-state index in [0.29, 0.717) is 11.4 Å². The van der Waals surface area contributed by atoms with E-state index in [1.165, 1.54) is 14.2 Å². The predicted molar refractivity (Wildman–Crippen MR) is 59.7 cm³/mol. The summed E-state index contributed by atoms with van der Waals surface area (Å²) in [6.45, 7) is 1.88. The summed E-state index contributed by atoms with van der Waals surface area (Å²) in [6, 6.07) is 1.77. The van der Waals surface area contributed by atoms with E-state index in [-0.39, 0.29) is 5.57 Å². The number of carbonyl (C=O) groups is 1. The highest BCUT2D eigenvalue weighted by atomic mass is 16.5. The van der Waals surface area contributed by atoms with Gasteiger partial charge >= 0.3 is 5.97 Å². The molecule has 16 heavy (non-hydrogen) atoms. The van der Waals surface area contributed by atoms with Gasteiger partial charge in [-0.1, -0.05) is 0 Å². The molecule has 0 aliphatic heterocycles. The number of methoxy groups -OCH3 is 2. The third kappa shape index (κ3) is 2.31. The minimum Gasteiger partial charge on any atom is -0.494 e. The van der Waals surface area contributed by atoms with Crippen molar-refractivity contribution in [3.05, 3.63) is 29.7 Å². The fourth-order valence-electron chi connectivity index (χ4n) is 1.25. The Kier molecular flexibility index (Phi) is 3.88. The van der Waals surface area contributed by atoms with Gasteiger partial charge in [-0.3, -0.25) is 4.98 Å². The second-order valence-electron chi connectivity index (χ2n) is 3.14. The van der Waals surface area contributed by atoms with Crippen molar-refractivity contribution in [3.8, 4) is 5.75 Å². The maximum atomic E-state index is 11.4. The molecular weight excluding hydrogens is 208 g/mol. The van der Waals surface area contributed by atoms with Gasteiger partial charge in [-0.25, -0.2) is 4.79 Å². The number of pyridine rings is 1. The van der Waals surface area contributed by atoms with Gasteiger partial charge in [0.1, 0.15) is 17.0 Å². The second kappa shape index (κ2) is 5.16. The molecule has 1 heterocycles. The first-order valence-corrected chi connectivity index (χ1v) is 4.65. The number of aryl methyl sites for hydroxylation is 1. The van der Waals surface area contributed by atoms with Crippen molar-refractivity contribution in [2.24, 2.45) is 5.73 Å². The topological polar surface area (TPSA) is 74.4 Å².